The first-order valence-corrected chi connectivity index (χ1v) is 10.6. The van der Waals surface area contributed by atoms with Crippen molar-refractivity contribution >= 4 is 35.0 Å². The van der Waals surface area contributed by atoms with Gasteiger partial charge in [0.1, 0.15) is 6.04 Å². The maximum Gasteiger partial charge on any atom is 0.272 e. The molecule has 0 unspecified atom stereocenters. The average molecular weight is 414 g/mol. The summed E-state index contributed by atoms with van der Waals surface area (Å²) < 4.78 is 0. The van der Waals surface area contributed by atoms with Crippen LogP contribution >= 0.6 is 11.8 Å². The van der Waals surface area contributed by atoms with E-state index in [1.165, 1.54) is 16.7 Å². The van der Waals surface area contributed by atoms with E-state index < -0.39 is 6.04 Å². The first-order valence-electron chi connectivity index (χ1n) is 9.83. The molecule has 1 aromatic heterocycles. The molecule has 1 atom stereocenters. The number of para-hydroxylation sites is 1. The van der Waals surface area contributed by atoms with Crippen molar-refractivity contribution in [3.05, 3.63) is 94.7 Å². The van der Waals surface area contributed by atoms with E-state index in [2.05, 4.69) is 17.2 Å². The Hall–Kier alpha value is -3.38. The number of imide groups is 1. The van der Waals surface area contributed by atoms with Crippen molar-refractivity contribution in [2.24, 2.45) is 0 Å². The van der Waals surface area contributed by atoms with Crippen LogP contribution in [0.25, 0.3) is 0 Å². The molecule has 5 nitrogen and oxygen atoms in total. The van der Waals surface area contributed by atoms with Gasteiger partial charge in [-0.15, -0.1) is 0 Å². The third kappa shape index (κ3) is 3.00. The van der Waals surface area contributed by atoms with Crippen LogP contribution in [0.5, 0.6) is 0 Å². The van der Waals surface area contributed by atoms with E-state index in [0.29, 0.717) is 21.9 Å². The van der Waals surface area contributed by atoms with E-state index in [1.54, 1.807) is 6.20 Å². The van der Waals surface area contributed by atoms with Crippen molar-refractivity contribution in [2.45, 2.75) is 24.3 Å². The minimum Gasteiger partial charge on any atom is -0.372 e. The van der Waals surface area contributed by atoms with Crippen LogP contribution in [0, 0.1) is 0 Å². The highest BCUT2D eigenvalue weighted by Crippen LogP contribution is 2.47. The fourth-order valence-corrected chi connectivity index (χ4v) is 4.87. The van der Waals surface area contributed by atoms with E-state index in [0.717, 1.165) is 22.6 Å². The van der Waals surface area contributed by atoms with Crippen LogP contribution < -0.4 is 10.2 Å². The summed E-state index contributed by atoms with van der Waals surface area (Å²) in [6.45, 7) is 2.07. The van der Waals surface area contributed by atoms with Crippen molar-refractivity contribution in [1.29, 1.82) is 0 Å². The second-order valence-electron chi connectivity index (χ2n) is 7.14. The van der Waals surface area contributed by atoms with Crippen LogP contribution in [0.15, 0.2) is 88.3 Å². The molecule has 1 N–H and O–H groups in total. The largest absolute Gasteiger partial charge is 0.372 e. The zero-order valence-electron chi connectivity index (χ0n) is 16.3. The van der Waals surface area contributed by atoms with E-state index in [-0.39, 0.29) is 11.8 Å². The molecule has 2 aliphatic heterocycles. The van der Waals surface area contributed by atoms with Crippen molar-refractivity contribution in [3.63, 3.8) is 0 Å². The van der Waals surface area contributed by atoms with Gasteiger partial charge in [-0.25, -0.2) is 4.90 Å². The lowest BCUT2D eigenvalue weighted by Gasteiger charge is -2.22. The van der Waals surface area contributed by atoms with E-state index in [9.17, 15) is 9.59 Å². The average Bonchev–Trinajstić information content (AvgIpc) is 2.93. The summed E-state index contributed by atoms with van der Waals surface area (Å²) in [5.41, 5.74) is 3.77. The van der Waals surface area contributed by atoms with E-state index in [1.807, 2.05) is 66.7 Å². The number of carbonyl (C=O) groups excluding carboxylic acids is 2. The lowest BCUT2D eigenvalue weighted by molar-refractivity contribution is -0.120. The number of hydrogen-bond acceptors (Lipinski definition) is 5. The van der Waals surface area contributed by atoms with Gasteiger partial charge in [0.05, 0.1) is 21.9 Å². The standard InChI is InChI=1S/C24H19N3O2S/c1-2-15-10-12-16(13-11-15)27-23(28)20-21(18-8-5-6-14-25-18)26-17-7-3-4-9-19(17)30-22(20)24(27)29/h3-14,21,26H,2H2,1H3/t21-/m1/s1. The minimum atomic E-state index is -0.506. The molecule has 30 heavy (non-hydrogen) atoms. The van der Waals surface area contributed by atoms with Gasteiger partial charge in [-0.05, 0) is 48.4 Å². The molecule has 0 fully saturated rings. The van der Waals surface area contributed by atoms with Crippen molar-refractivity contribution < 1.29 is 9.59 Å². The number of nitrogens with zero attached hydrogens (tertiary/aromatic N) is 2. The summed E-state index contributed by atoms with van der Waals surface area (Å²) in [6, 6.07) is 20.4. The molecule has 3 heterocycles. The van der Waals surface area contributed by atoms with Gasteiger partial charge in [-0.3, -0.25) is 14.6 Å². The van der Waals surface area contributed by atoms with Crippen LogP contribution in [-0.4, -0.2) is 16.8 Å². The number of amides is 2. The van der Waals surface area contributed by atoms with Gasteiger partial charge in [0.2, 0.25) is 0 Å². The molecule has 0 aliphatic carbocycles. The third-order valence-corrected chi connectivity index (χ3v) is 6.52. The van der Waals surface area contributed by atoms with Crippen LogP contribution in [0.2, 0.25) is 0 Å². The number of thioether (sulfide) groups is 1. The van der Waals surface area contributed by atoms with Crippen molar-refractivity contribution in [1.82, 2.24) is 4.98 Å². The second kappa shape index (κ2) is 7.46. The molecule has 5 rings (SSSR count). The predicted molar refractivity (Wildman–Crippen MR) is 118 cm³/mol. The highest BCUT2D eigenvalue weighted by molar-refractivity contribution is 8.04. The maximum atomic E-state index is 13.6. The summed E-state index contributed by atoms with van der Waals surface area (Å²) in [6.07, 6.45) is 2.60. The molecule has 0 bridgehead atoms. The minimum absolute atomic E-state index is 0.288. The number of aryl methyl sites for hydroxylation is 1. The molecular formula is C24H19N3O2S. The maximum absolute atomic E-state index is 13.6. The highest BCUT2D eigenvalue weighted by Gasteiger charge is 2.45. The zero-order valence-corrected chi connectivity index (χ0v) is 17.1. The molecule has 148 valence electrons. The molecular weight excluding hydrogens is 394 g/mol. The smallest absolute Gasteiger partial charge is 0.272 e. The van der Waals surface area contributed by atoms with E-state index in [4.69, 9.17) is 0 Å². The third-order valence-electron chi connectivity index (χ3n) is 5.35. The molecule has 0 saturated heterocycles. The number of benzene rings is 2. The first-order chi connectivity index (χ1) is 14.7. The lowest BCUT2D eigenvalue weighted by Crippen LogP contribution is -2.33. The normalized spacial score (nSPS) is 18.0. The van der Waals surface area contributed by atoms with Gasteiger partial charge >= 0.3 is 0 Å². The van der Waals surface area contributed by atoms with Crippen LogP contribution in [-0.2, 0) is 16.0 Å². The van der Waals surface area contributed by atoms with Crippen molar-refractivity contribution in [3.8, 4) is 0 Å². The van der Waals surface area contributed by atoms with E-state index >= 15 is 0 Å². The summed E-state index contributed by atoms with van der Waals surface area (Å²) >= 11 is 1.34. The number of nitrogens with one attached hydrogen (secondary N) is 1. The molecule has 3 aromatic rings. The Balaban J connectivity index is 1.63. The summed E-state index contributed by atoms with van der Waals surface area (Å²) in [7, 11) is 0. The Bertz CT molecular complexity index is 1170. The Morgan fingerprint density at radius 3 is 2.47 bits per heavy atom. The van der Waals surface area contributed by atoms with Crippen LogP contribution in [0.4, 0.5) is 11.4 Å². The van der Waals surface area contributed by atoms with Crippen LogP contribution in [0.3, 0.4) is 0 Å². The molecule has 0 spiro atoms. The summed E-state index contributed by atoms with van der Waals surface area (Å²) in [4.78, 5) is 34.1. The summed E-state index contributed by atoms with van der Waals surface area (Å²) in [5, 5.41) is 3.45. The number of anilines is 2. The second-order valence-corrected chi connectivity index (χ2v) is 8.19. The number of carbonyl (C=O) groups is 2. The Labute approximate surface area is 178 Å². The number of fused-ring (bicyclic) bond motifs is 1. The fourth-order valence-electron chi connectivity index (χ4n) is 3.78. The van der Waals surface area contributed by atoms with Crippen LogP contribution in [0.1, 0.15) is 24.2 Å². The molecule has 0 radical (unpaired) electrons. The van der Waals surface area contributed by atoms with Gasteiger partial charge in [0, 0.05) is 16.8 Å². The number of hydrogen-bond donors (Lipinski definition) is 1. The molecule has 2 aromatic carbocycles. The van der Waals surface area contributed by atoms with Gasteiger partial charge in [-0.1, -0.05) is 49.0 Å². The number of aromatic nitrogens is 1. The Morgan fingerprint density at radius 1 is 0.967 bits per heavy atom. The van der Waals surface area contributed by atoms with Gasteiger partial charge in [0.15, 0.2) is 0 Å². The summed E-state index contributed by atoms with van der Waals surface area (Å²) in [5.74, 6) is -0.591. The fraction of sp³-hybridized carbons (Fsp3) is 0.125. The number of pyridine rings is 1. The quantitative estimate of drug-likeness (QED) is 0.629. The topological polar surface area (TPSA) is 62.3 Å². The van der Waals surface area contributed by atoms with Gasteiger partial charge in [0.25, 0.3) is 11.8 Å². The number of rotatable bonds is 3. The highest BCUT2D eigenvalue weighted by atomic mass is 32.2. The Morgan fingerprint density at radius 2 is 1.73 bits per heavy atom. The van der Waals surface area contributed by atoms with Gasteiger partial charge in [-0.2, -0.15) is 0 Å². The van der Waals surface area contributed by atoms with Crippen molar-refractivity contribution in [2.75, 3.05) is 10.2 Å². The Kier molecular flexibility index (Phi) is 4.64. The lowest BCUT2D eigenvalue weighted by atomic mass is 10.0. The zero-order chi connectivity index (χ0) is 20.7. The predicted octanol–water partition coefficient (Wildman–Crippen LogP) is 4.73. The molecule has 2 amide bonds. The molecule has 0 saturated carbocycles. The molecule has 2 aliphatic rings. The first kappa shape index (κ1) is 18.6. The monoisotopic (exact) mass is 413 g/mol. The SMILES string of the molecule is CCc1ccc(N2C(=O)C3=C(C2=O)[C@@H](c2ccccn2)Nc2ccccc2S3)cc1. The van der Waals surface area contributed by atoms with Gasteiger partial charge < -0.3 is 5.32 Å². The molecule has 6 heteroatoms.